The largest absolute Gasteiger partial charge is 0.410 e. The van der Waals surface area contributed by atoms with Gasteiger partial charge in [-0.3, -0.25) is 0 Å². The molecule has 0 heterocycles. The summed E-state index contributed by atoms with van der Waals surface area (Å²) in [5.74, 6) is 0. The van der Waals surface area contributed by atoms with Crippen LogP contribution in [0.25, 0.3) is 5.57 Å². The molecule has 1 atom stereocenters. The van der Waals surface area contributed by atoms with Gasteiger partial charge in [-0.25, -0.2) is 0 Å². The fourth-order valence-corrected chi connectivity index (χ4v) is 1.84. The summed E-state index contributed by atoms with van der Waals surface area (Å²) in [4.78, 5) is 0. The highest BCUT2D eigenvalue weighted by Crippen LogP contribution is 2.45. The van der Waals surface area contributed by atoms with Gasteiger partial charge in [0.15, 0.2) is 5.41 Å². The van der Waals surface area contributed by atoms with E-state index in [4.69, 9.17) is 5.26 Å². The first kappa shape index (κ1) is 12.4. The highest BCUT2D eigenvalue weighted by molar-refractivity contribution is 5.75. The quantitative estimate of drug-likeness (QED) is 0.735. The van der Waals surface area contributed by atoms with Gasteiger partial charge in [0.1, 0.15) is 0 Å². The Bertz CT molecular complexity index is 534. The van der Waals surface area contributed by atoms with Gasteiger partial charge < -0.3 is 0 Å². The van der Waals surface area contributed by atoms with Crippen LogP contribution in [0.4, 0.5) is 13.2 Å². The van der Waals surface area contributed by atoms with Crippen LogP contribution in [0, 0.1) is 16.7 Å². The Hall–Kier alpha value is -2.02. The van der Waals surface area contributed by atoms with Crippen molar-refractivity contribution >= 4 is 5.57 Å². The minimum atomic E-state index is -4.54. The Morgan fingerprint density at radius 2 is 1.83 bits per heavy atom. The fourth-order valence-electron chi connectivity index (χ4n) is 1.84. The van der Waals surface area contributed by atoms with Gasteiger partial charge in [-0.1, -0.05) is 48.6 Å². The molecule has 0 aromatic heterocycles. The number of alkyl halides is 3. The predicted molar refractivity (Wildman–Crippen MR) is 62.3 cm³/mol. The maximum Gasteiger partial charge on any atom is 0.410 e. The lowest BCUT2D eigenvalue weighted by molar-refractivity contribution is -0.185. The molecule has 1 aromatic carbocycles. The van der Waals surface area contributed by atoms with Crippen molar-refractivity contribution < 1.29 is 13.2 Å². The normalized spacial score (nSPS) is 23.3. The van der Waals surface area contributed by atoms with Gasteiger partial charge in [0.2, 0.25) is 0 Å². The number of benzene rings is 1. The Morgan fingerprint density at radius 1 is 1.17 bits per heavy atom. The van der Waals surface area contributed by atoms with Gasteiger partial charge in [0.25, 0.3) is 0 Å². The van der Waals surface area contributed by atoms with Gasteiger partial charge in [-0.15, -0.1) is 0 Å². The number of nitriles is 1. The summed E-state index contributed by atoms with van der Waals surface area (Å²) in [7, 11) is 0. The summed E-state index contributed by atoms with van der Waals surface area (Å²) < 4.78 is 38.5. The number of nitrogens with zero attached hydrogens (tertiary/aromatic N) is 1. The third kappa shape index (κ3) is 2.04. The summed E-state index contributed by atoms with van der Waals surface area (Å²) in [6.45, 7) is 0. The second-order valence-electron chi connectivity index (χ2n) is 4.14. The summed E-state index contributed by atoms with van der Waals surface area (Å²) in [6.07, 6.45) is -1.10. The lowest BCUT2D eigenvalue weighted by Crippen LogP contribution is -2.35. The zero-order valence-electron chi connectivity index (χ0n) is 9.41. The molecule has 0 radical (unpaired) electrons. The van der Waals surface area contributed by atoms with Gasteiger partial charge in [0, 0.05) is 0 Å². The molecule has 0 fully saturated rings. The van der Waals surface area contributed by atoms with E-state index in [2.05, 4.69) is 0 Å². The topological polar surface area (TPSA) is 23.8 Å². The monoisotopic (exact) mass is 249 g/mol. The van der Waals surface area contributed by atoms with Crippen LogP contribution in [0.15, 0.2) is 48.6 Å². The van der Waals surface area contributed by atoms with Gasteiger partial charge in [0.05, 0.1) is 6.07 Å². The molecule has 0 amide bonds. The van der Waals surface area contributed by atoms with Gasteiger partial charge in [-0.05, 0) is 17.6 Å². The zero-order valence-corrected chi connectivity index (χ0v) is 9.41. The van der Waals surface area contributed by atoms with E-state index < -0.39 is 11.6 Å². The lowest BCUT2D eigenvalue weighted by Gasteiger charge is -2.27. The SMILES string of the molecule is N#CC1(C(F)(F)F)C=CC(c2ccccc2)=CC1. The van der Waals surface area contributed by atoms with Crippen molar-refractivity contribution in [2.24, 2.45) is 5.41 Å². The van der Waals surface area contributed by atoms with E-state index in [-0.39, 0.29) is 6.42 Å². The van der Waals surface area contributed by atoms with E-state index >= 15 is 0 Å². The second-order valence-corrected chi connectivity index (χ2v) is 4.14. The van der Waals surface area contributed by atoms with Crippen LogP contribution in [-0.2, 0) is 0 Å². The standard InChI is InChI=1S/C14H10F3N/c15-14(16,17)13(10-18)8-6-12(7-9-13)11-4-2-1-3-5-11/h1-8H,9H2. The number of allylic oxidation sites excluding steroid dienone is 4. The summed E-state index contributed by atoms with van der Waals surface area (Å²) in [5.41, 5.74) is -0.821. The maximum atomic E-state index is 12.8. The van der Waals surface area contributed by atoms with Crippen molar-refractivity contribution in [2.75, 3.05) is 0 Å². The van der Waals surface area contributed by atoms with E-state index in [0.717, 1.165) is 11.6 Å². The molecule has 4 heteroatoms. The molecule has 1 unspecified atom stereocenters. The fraction of sp³-hybridized carbons (Fsp3) is 0.214. The maximum absolute atomic E-state index is 12.8. The van der Waals surface area contributed by atoms with E-state index in [9.17, 15) is 13.2 Å². The molecule has 1 aliphatic carbocycles. The Kier molecular flexibility index (Phi) is 3.00. The van der Waals surface area contributed by atoms with Crippen molar-refractivity contribution in [2.45, 2.75) is 12.6 Å². The number of halogens is 3. The third-order valence-corrected chi connectivity index (χ3v) is 3.00. The van der Waals surface area contributed by atoms with Crippen LogP contribution < -0.4 is 0 Å². The smallest absolute Gasteiger partial charge is 0.197 e. The highest BCUT2D eigenvalue weighted by Gasteiger charge is 2.53. The molecule has 1 aromatic rings. The molecule has 1 nitrogen and oxygen atoms in total. The molecule has 0 saturated heterocycles. The number of hydrogen-bond donors (Lipinski definition) is 0. The molecular weight excluding hydrogens is 239 g/mol. The average Bonchev–Trinajstić information content (AvgIpc) is 2.38. The average molecular weight is 249 g/mol. The van der Waals surface area contributed by atoms with E-state index in [1.54, 1.807) is 0 Å². The van der Waals surface area contributed by atoms with Crippen molar-refractivity contribution in [3.63, 3.8) is 0 Å². The van der Waals surface area contributed by atoms with Crippen molar-refractivity contribution in [3.05, 3.63) is 54.1 Å². The first-order chi connectivity index (χ1) is 8.48. The second kappa shape index (κ2) is 4.34. The molecule has 92 valence electrons. The summed E-state index contributed by atoms with van der Waals surface area (Å²) in [5, 5.41) is 8.78. The van der Waals surface area contributed by atoms with Crippen LogP contribution in [0.2, 0.25) is 0 Å². The minimum absolute atomic E-state index is 0.340. The van der Waals surface area contributed by atoms with Crippen molar-refractivity contribution in [1.29, 1.82) is 5.26 Å². The first-order valence-electron chi connectivity index (χ1n) is 5.41. The van der Waals surface area contributed by atoms with E-state index in [1.165, 1.54) is 18.2 Å². The molecule has 0 spiro atoms. The summed E-state index contributed by atoms with van der Waals surface area (Å²) in [6, 6.07) is 10.5. The Morgan fingerprint density at radius 3 is 2.28 bits per heavy atom. The molecule has 0 bridgehead atoms. The summed E-state index contributed by atoms with van der Waals surface area (Å²) >= 11 is 0. The molecule has 18 heavy (non-hydrogen) atoms. The van der Waals surface area contributed by atoms with Gasteiger partial charge in [-0.2, -0.15) is 18.4 Å². The Balaban J connectivity index is 2.30. The number of hydrogen-bond acceptors (Lipinski definition) is 1. The van der Waals surface area contributed by atoms with Crippen molar-refractivity contribution in [1.82, 2.24) is 0 Å². The Labute approximate surface area is 103 Å². The molecular formula is C14H10F3N. The molecule has 0 aliphatic heterocycles. The lowest BCUT2D eigenvalue weighted by atomic mass is 9.79. The van der Waals surface area contributed by atoms with Crippen LogP contribution in [0.1, 0.15) is 12.0 Å². The predicted octanol–water partition coefficient (Wildman–Crippen LogP) is 4.10. The highest BCUT2D eigenvalue weighted by atomic mass is 19.4. The third-order valence-electron chi connectivity index (χ3n) is 3.00. The molecule has 0 saturated carbocycles. The van der Waals surface area contributed by atoms with Crippen LogP contribution >= 0.6 is 0 Å². The van der Waals surface area contributed by atoms with Crippen LogP contribution in [0.5, 0.6) is 0 Å². The van der Waals surface area contributed by atoms with Crippen LogP contribution in [-0.4, -0.2) is 6.18 Å². The van der Waals surface area contributed by atoms with E-state index in [0.29, 0.717) is 5.57 Å². The molecule has 2 rings (SSSR count). The van der Waals surface area contributed by atoms with Gasteiger partial charge >= 0.3 is 6.18 Å². The van der Waals surface area contributed by atoms with Crippen LogP contribution in [0.3, 0.4) is 0 Å². The molecule has 0 N–H and O–H groups in total. The molecule has 1 aliphatic rings. The minimum Gasteiger partial charge on any atom is -0.197 e. The van der Waals surface area contributed by atoms with Crippen molar-refractivity contribution in [3.8, 4) is 6.07 Å². The first-order valence-corrected chi connectivity index (χ1v) is 5.41. The zero-order chi connectivity index (χ0) is 13.2. The van der Waals surface area contributed by atoms with E-state index in [1.807, 2.05) is 30.3 Å². The number of rotatable bonds is 1.